The van der Waals surface area contributed by atoms with E-state index in [1.165, 1.54) is 30.0 Å². The predicted octanol–water partition coefficient (Wildman–Crippen LogP) is 4.67. The van der Waals surface area contributed by atoms with Crippen molar-refractivity contribution < 1.29 is 23.1 Å². The van der Waals surface area contributed by atoms with E-state index in [-0.39, 0.29) is 34.3 Å². The molecule has 3 aromatic rings. The van der Waals surface area contributed by atoms with Gasteiger partial charge in [0, 0.05) is 23.0 Å². The number of rotatable bonds is 4. The molecule has 2 aromatic heterocycles. The van der Waals surface area contributed by atoms with Crippen LogP contribution < -0.4 is 0 Å². The third kappa shape index (κ3) is 3.80. The van der Waals surface area contributed by atoms with Gasteiger partial charge >= 0.3 is 12.1 Å². The first-order valence-corrected chi connectivity index (χ1v) is 8.12. The maximum absolute atomic E-state index is 13.4. The summed E-state index contributed by atoms with van der Waals surface area (Å²) in [6.45, 7) is 1.13. The van der Waals surface area contributed by atoms with Crippen molar-refractivity contribution in [2.24, 2.45) is 0 Å². The van der Waals surface area contributed by atoms with E-state index in [9.17, 15) is 23.1 Å². The summed E-state index contributed by atoms with van der Waals surface area (Å²) in [6.07, 6.45) is -1.61. The van der Waals surface area contributed by atoms with Crippen LogP contribution in [0.25, 0.3) is 11.4 Å². The molecule has 0 spiro atoms. The van der Waals surface area contributed by atoms with Crippen molar-refractivity contribution in [1.82, 2.24) is 14.5 Å². The van der Waals surface area contributed by atoms with Crippen LogP contribution in [0.4, 0.5) is 13.2 Å². The first kappa shape index (κ1) is 18.9. The van der Waals surface area contributed by atoms with Gasteiger partial charge in [-0.05, 0) is 42.8 Å². The van der Waals surface area contributed by atoms with Crippen LogP contribution in [0, 0.1) is 6.92 Å². The number of carboxylic acid groups (broad SMARTS) is 1. The van der Waals surface area contributed by atoms with Crippen molar-refractivity contribution in [3.63, 3.8) is 0 Å². The summed E-state index contributed by atoms with van der Waals surface area (Å²) in [5, 5.41) is 9.66. The fraction of sp³-hybridized carbons (Fsp3) is 0.167. The Morgan fingerprint density at radius 2 is 2.04 bits per heavy atom. The molecule has 27 heavy (non-hydrogen) atoms. The first-order valence-electron chi connectivity index (χ1n) is 7.75. The van der Waals surface area contributed by atoms with Crippen molar-refractivity contribution >= 4 is 17.6 Å². The minimum absolute atomic E-state index is 0.120. The van der Waals surface area contributed by atoms with Gasteiger partial charge in [0.2, 0.25) is 0 Å². The Labute approximate surface area is 157 Å². The number of alkyl halides is 3. The van der Waals surface area contributed by atoms with E-state index >= 15 is 0 Å². The van der Waals surface area contributed by atoms with Crippen molar-refractivity contribution in [1.29, 1.82) is 0 Å². The molecule has 0 saturated heterocycles. The largest absolute Gasteiger partial charge is 0.477 e. The molecule has 0 unspecified atom stereocenters. The summed E-state index contributed by atoms with van der Waals surface area (Å²) < 4.78 is 41.4. The van der Waals surface area contributed by atoms with Crippen molar-refractivity contribution in [2.45, 2.75) is 19.6 Å². The number of carbonyl (C=O) groups is 1. The zero-order chi connectivity index (χ0) is 19.8. The number of hydrogen-bond donors (Lipinski definition) is 1. The molecule has 9 heteroatoms. The fourth-order valence-corrected chi connectivity index (χ4v) is 3.05. The number of imidazole rings is 1. The topological polar surface area (TPSA) is 68.0 Å². The Hall–Kier alpha value is -2.87. The lowest BCUT2D eigenvalue weighted by atomic mass is 10.1. The Morgan fingerprint density at radius 3 is 2.63 bits per heavy atom. The fourth-order valence-electron chi connectivity index (χ4n) is 2.85. The Kier molecular flexibility index (Phi) is 4.93. The number of hydrogen-bond acceptors (Lipinski definition) is 3. The third-order valence-corrected chi connectivity index (χ3v) is 4.20. The molecule has 1 N–H and O–H groups in total. The highest BCUT2D eigenvalue weighted by atomic mass is 35.5. The maximum Gasteiger partial charge on any atom is 0.416 e. The number of carboxylic acids is 1. The highest BCUT2D eigenvalue weighted by Gasteiger charge is 2.34. The molecule has 0 radical (unpaired) electrons. The normalized spacial score (nSPS) is 11.6. The van der Waals surface area contributed by atoms with Crippen molar-refractivity contribution in [2.75, 3.05) is 0 Å². The Balaban J connectivity index is 2.21. The van der Waals surface area contributed by atoms with E-state index < -0.39 is 17.7 Å². The number of aryl methyl sites for hydroxylation is 1. The summed E-state index contributed by atoms with van der Waals surface area (Å²) in [4.78, 5) is 19.9. The SMILES string of the molecule is Cc1nc(-c2cccnc2)n(Cc2cc(Cl)ccc2C(F)(F)F)c1C(=O)O. The average Bonchev–Trinajstić information content (AvgIpc) is 2.91. The van der Waals surface area contributed by atoms with Crippen LogP contribution in [0.1, 0.15) is 27.3 Å². The van der Waals surface area contributed by atoms with Gasteiger partial charge in [-0.25, -0.2) is 9.78 Å². The van der Waals surface area contributed by atoms with Gasteiger partial charge in [-0.15, -0.1) is 0 Å². The van der Waals surface area contributed by atoms with E-state index in [4.69, 9.17) is 11.6 Å². The maximum atomic E-state index is 13.4. The van der Waals surface area contributed by atoms with E-state index in [1.54, 1.807) is 12.1 Å². The zero-order valence-corrected chi connectivity index (χ0v) is 14.7. The van der Waals surface area contributed by atoms with Crippen LogP contribution in [0.3, 0.4) is 0 Å². The molecule has 0 amide bonds. The van der Waals surface area contributed by atoms with Gasteiger partial charge in [0.25, 0.3) is 0 Å². The predicted molar refractivity (Wildman–Crippen MR) is 92.7 cm³/mol. The summed E-state index contributed by atoms with van der Waals surface area (Å²) in [5.41, 5.74) is -0.547. The van der Waals surface area contributed by atoms with Crippen LogP contribution in [-0.2, 0) is 12.7 Å². The Bertz CT molecular complexity index is 1000. The molecule has 0 aliphatic heterocycles. The molecule has 0 atom stereocenters. The lowest BCUT2D eigenvalue weighted by Gasteiger charge is -2.16. The van der Waals surface area contributed by atoms with Crippen LogP contribution in [0.5, 0.6) is 0 Å². The minimum atomic E-state index is -4.60. The highest BCUT2D eigenvalue weighted by Crippen LogP contribution is 2.34. The lowest BCUT2D eigenvalue weighted by Crippen LogP contribution is -2.16. The standard InChI is InChI=1S/C18H13ClF3N3O2/c1-10-15(17(26)27)25(16(24-10)11-3-2-6-23-8-11)9-12-7-13(19)4-5-14(12)18(20,21)22/h2-8H,9H2,1H3,(H,26,27). The van der Waals surface area contributed by atoms with Crippen LogP contribution >= 0.6 is 11.6 Å². The molecular formula is C18H13ClF3N3O2. The highest BCUT2D eigenvalue weighted by molar-refractivity contribution is 6.30. The van der Waals surface area contributed by atoms with Crippen molar-refractivity contribution in [3.8, 4) is 11.4 Å². The van der Waals surface area contributed by atoms with Gasteiger partial charge < -0.3 is 9.67 Å². The molecule has 3 rings (SSSR count). The molecule has 0 bridgehead atoms. The van der Waals surface area contributed by atoms with Gasteiger partial charge in [-0.1, -0.05) is 11.6 Å². The molecule has 1 aromatic carbocycles. The second-order valence-electron chi connectivity index (χ2n) is 5.80. The molecule has 2 heterocycles. The van der Waals surface area contributed by atoms with Crippen LogP contribution in [-0.4, -0.2) is 25.6 Å². The van der Waals surface area contributed by atoms with Crippen molar-refractivity contribution in [3.05, 3.63) is 70.3 Å². The van der Waals surface area contributed by atoms with Gasteiger partial charge in [-0.3, -0.25) is 4.98 Å². The number of nitrogens with zero attached hydrogens (tertiary/aromatic N) is 3. The quantitative estimate of drug-likeness (QED) is 0.697. The molecule has 0 saturated carbocycles. The molecule has 0 aliphatic rings. The van der Waals surface area contributed by atoms with E-state index in [1.807, 2.05) is 0 Å². The molecule has 5 nitrogen and oxygen atoms in total. The number of pyridine rings is 1. The Morgan fingerprint density at radius 1 is 1.30 bits per heavy atom. The lowest BCUT2D eigenvalue weighted by molar-refractivity contribution is -0.138. The molecule has 0 aliphatic carbocycles. The number of aromatic nitrogens is 3. The van der Waals surface area contributed by atoms with Crippen LogP contribution in [0.15, 0.2) is 42.7 Å². The van der Waals surface area contributed by atoms with E-state index in [0.29, 0.717) is 5.56 Å². The number of benzene rings is 1. The second kappa shape index (κ2) is 7.03. The zero-order valence-electron chi connectivity index (χ0n) is 14.0. The number of aromatic carboxylic acids is 1. The van der Waals surface area contributed by atoms with Gasteiger partial charge in [0.05, 0.1) is 17.8 Å². The second-order valence-corrected chi connectivity index (χ2v) is 6.24. The minimum Gasteiger partial charge on any atom is -0.477 e. The first-order chi connectivity index (χ1) is 12.7. The number of halogens is 4. The van der Waals surface area contributed by atoms with E-state index in [0.717, 1.165) is 12.1 Å². The monoisotopic (exact) mass is 395 g/mol. The molecular weight excluding hydrogens is 383 g/mol. The third-order valence-electron chi connectivity index (χ3n) is 3.97. The summed E-state index contributed by atoms with van der Waals surface area (Å²) in [5.74, 6) is -1.07. The van der Waals surface area contributed by atoms with Gasteiger partial charge in [0.15, 0.2) is 5.69 Å². The van der Waals surface area contributed by atoms with Crippen LogP contribution in [0.2, 0.25) is 5.02 Å². The van der Waals surface area contributed by atoms with Gasteiger partial charge in [-0.2, -0.15) is 13.2 Å². The summed E-state index contributed by atoms with van der Waals surface area (Å²) in [6, 6.07) is 6.49. The van der Waals surface area contributed by atoms with E-state index in [2.05, 4.69) is 9.97 Å². The molecule has 0 fully saturated rings. The average molecular weight is 396 g/mol. The van der Waals surface area contributed by atoms with Gasteiger partial charge in [0.1, 0.15) is 5.82 Å². The molecule has 140 valence electrons. The summed E-state index contributed by atoms with van der Waals surface area (Å²) >= 11 is 5.88. The summed E-state index contributed by atoms with van der Waals surface area (Å²) in [7, 11) is 0. The smallest absolute Gasteiger partial charge is 0.416 e.